The Morgan fingerprint density at radius 2 is 1.96 bits per heavy atom. The van der Waals surface area contributed by atoms with E-state index in [0.29, 0.717) is 17.6 Å². The Morgan fingerprint density at radius 1 is 1.21 bits per heavy atom. The first-order valence-corrected chi connectivity index (χ1v) is 9.81. The number of pyridine rings is 1. The maximum Gasteiger partial charge on any atom is 0.143 e. The molecule has 0 spiro atoms. The second-order valence-corrected chi connectivity index (χ2v) is 8.65. The summed E-state index contributed by atoms with van der Waals surface area (Å²) in [5.41, 5.74) is 2.61. The minimum absolute atomic E-state index is 0.108. The zero-order chi connectivity index (χ0) is 20.1. The summed E-state index contributed by atoms with van der Waals surface area (Å²) in [4.78, 5) is 18.5. The number of hydrogen-bond acceptors (Lipinski definition) is 7. The number of aryl methyl sites for hydroxylation is 1. The van der Waals surface area contributed by atoms with Crippen LogP contribution in [-0.4, -0.2) is 46.7 Å². The molecular formula is C21H27N7. The number of aromatic nitrogens is 3. The minimum atomic E-state index is -0.108. The maximum atomic E-state index is 9.21. The number of fused-ring (bicyclic) bond motifs is 1. The molecule has 2 aliphatic rings. The van der Waals surface area contributed by atoms with Crippen LogP contribution in [0.2, 0.25) is 0 Å². The molecule has 0 unspecified atom stereocenters. The quantitative estimate of drug-likeness (QED) is 0.862. The highest BCUT2D eigenvalue weighted by Crippen LogP contribution is 2.46. The fraction of sp³-hybridized carbons (Fsp3) is 0.524. The van der Waals surface area contributed by atoms with Crippen LogP contribution in [0.3, 0.4) is 0 Å². The van der Waals surface area contributed by atoms with Crippen molar-refractivity contribution in [3.63, 3.8) is 0 Å². The van der Waals surface area contributed by atoms with Gasteiger partial charge in [-0.15, -0.1) is 0 Å². The third kappa shape index (κ3) is 2.98. The summed E-state index contributed by atoms with van der Waals surface area (Å²) in [7, 11) is 0. The highest BCUT2D eigenvalue weighted by Gasteiger charge is 2.42. The molecule has 7 heteroatoms. The molecule has 2 atom stereocenters. The summed E-state index contributed by atoms with van der Waals surface area (Å²) >= 11 is 0. The van der Waals surface area contributed by atoms with Crippen molar-refractivity contribution in [1.82, 2.24) is 20.3 Å². The first-order chi connectivity index (χ1) is 13.3. The lowest BCUT2D eigenvalue weighted by Gasteiger charge is -2.40. The van der Waals surface area contributed by atoms with E-state index in [0.717, 1.165) is 42.7 Å². The molecule has 2 aliphatic heterocycles. The Balaban J connectivity index is 1.80. The van der Waals surface area contributed by atoms with Crippen LogP contribution >= 0.6 is 0 Å². The summed E-state index contributed by atoms with van der Waals surface area (Å²) in [6.45, 7) is 13.5. The van der Waals surface area contributed by atoms with Gasteiger partial charge >= 0.3 is 0 Å². The van der Waals surface area contributed by atoms with E-state index < -0.39 is 0 Å². The van der Waals surface area contributed by atoms with Gasteiger partial charge in [0.05, 0.1) is 5.56 Å². The second-order valence-electron chi connectivity index (χ2n) is 8.65. The van der Waals surface area contributed by atoms with Gasteiger partial charge in [-0.25, -0.2) is 15.0 Å². The van der Waals surface area contributed by atoms with E-state index in [2.05, 4.69) is 58.8 Å². The smallest absolute Gasteiger partial charge is 0.143 e. The predicted molar refractivity (Wildman–Crippen MR) is 110 cm³/mol. The molecule has 7 nitrogen and oxygen atoms in total. The van der Waals surface area contributed by atoms with Crippen molar-refractivity contribution in [1.29, 1.82) is 5.26 Å². The van der Waals surface area contributed by atoms with Crippen LogP contribution in [0.4, 0.5) is 17.5 Å². The molecule has 2 aromatic heterocycles. The van der Waals surface area contributed by atoms with Crippen LogP contribution in [0.1, 0.15) is 44.4 Å². The molecule has 4 rings (SSSR count). The third-order valence-electron chi connectivity index (χ3n) is 5.82. The molecule has 0 aromatic carbocycles. The van der Waals surface area contributed by atoms with Crippen LogP contribution in [-0.2, 0) is 5.41 Å². The second kappa shape index (κ2) is 6.71. The Labute approximate surface area is 166 Å². The number of nitrogens with one attached hydrogen (secondary N) is 1. The van der Waals surface area contributed by atoms with Crippen LogP contribution < -0.4 is 15.1 Å². The lowest BCUT2D eigenvalue weighted by Crippen LogP contribution is -2.55. The van der Waals surface area contributed by atoms with Gasteiger partial charge in [-0.1, -0.05) is 13.8 Å². The summed E-state index contributed by atoms with van der Waals surface area (Å²) in [6.07, 6.45) is 3.32. The molecule has 146 valence electrons. The first kappa shape index (κ1) is 18.6. The van der Waals surface area contributed by atoms with E-state index in [1.165, 1.54) is 5.56 Å². The number of nitrogens with zero attached hydrogens (tertiary/aromatic N) is 6. The van der Waals surface area contributed by atoms with Crippen molar-refractivity contribution in [3.05, 3.63) is 35.3 Å². The third-order valence-corrected chi connectivity index (χ3v) is 5.82. The van der Waals surface area contributed by atoms with Gasteiger partial charge in [0.25, 0.3) is 0 Å². The molecule has 4 heterocycles. The zero-order valence-corrected chi connectivity index (χ0v) is 17.2. The molecule has 0 saturated carbocycles. The Kier molecular flexibility index (Phi) is 4.47. The van der Waals surface area contributed by atoms with E-state index in [9.17, 15) is 5.26 Å². The van der Waals surface area contributed by atoms with E-state index >= 15 is 0 Å². The van der Waals surface area contributed by atoms with Crippen molar-refractivity contribution in [3.8, 4) is 6.07 Å². The summed E-state index contributed by atoms with van der Waals surface area (Å²) in [5, 5.41) is 12.7. The number of nitriles is 1. The van der Waals surface area contributed by atoms with Crippen molar-refractivity contribution in [2.75, 3.05) is 29.4 Å². The lowest BCUT2D eigenvalue weighted by atomic mass is 9.87. The van der Waals surface area contributed by atoms with Crippen LogP contribution in [0, 0.1) is 18.3 Å². The predicted octanol–water partition coefficient (Wildman–Crippen LogP) is 2.67. The van der Waals surface area contributed by atoms with Gasteiger partial charge in [0.1, 0.15) is 29.9 Å². The standard InChI is InChI=1S/C21H27N7/c1-13-6-17(24-9-16(13)7-22)28-11-21(4,5)18-19(25-12-26-20(18)28)27-10-14(2)23-8-15(27)3/h6,9,12,14-15,23H,8,10-11H2,1-5H3/t14-,15+/m1/s1. The average Bonchev–Trinajstić information content (AvgIpc) is 2.95. The summed E-state index contributed by atoms with van der Waals surface area (Å²) in [6, 6.07) is 4.96. The molecule has 1 saturated heterocycles. The zero-order valence-electron chi connectivity index (χ0n) is 17.2. The van der Waals surface area contributed by atoms with Crippen molar-refractivity contribution >= 4 is 17.5 Å². The summed E-state index contributed by atoms with van der Waals surface area (Å²) < 4.78 is 0. The molecule has 28 heavy (non-hydrogen) atoms. The van der Waals surface area contributed by atoms with E-state index in [4.69, 9.17) is 4.98 Å². The largest absolute Gasteiger partial charge is 0.351 e. The van der Waals surface area contributed by atoms with Crippen molar-refractivity contribution in [2.24, 2.45) is 0 Å². The SMILES string of the molecule is Cc1cc(N2CC(C)(C)c3c2ncnc3N2C[C@@H](C)NC[C@@H]2C)ncc1C#N. The van der Waals surface area contributed by atoms with Gasteiger partial charge in [-0.2, -0.15) is 5.26 Å². The number of rotatable bonds is 2. The van der Waals surface area contributed by atoms with Gasteiger partial charge in [0.2, 0.25) is 0 Å². The first-order valence-electron chi connectivity index (χ1n) is 9.81. The molecule has 0 radical (unpaired) electrons. The fourth-order valence-corrected chi connectivity index (χ4v) is 4.26. The van der Waals surface area contributed by atoms with Crippen LogP contribution in [0.15, 0.2) is 18.6 Å². The topological polar surface area (TPSA) is 81.0 Å². The van der Waals surface area contributed by atoms with Crippen molar-refractivity contribution in [2.45, 2.75) is 52.1 Å². The van der Waals surface area contributed by atoms with Gasteiger partial charge in [-0.3, -0.25) is 0 Å². The lowest BCUT2D eigenvalue weighted by molar-refractivity contribution is 0.419. The molecule has 1 N–H and O–H groups in total. The monoisotopic (exact) mass is 377 g/mol. The van der Waals surface area contributed by atoms with Crippen molar-refractivity contribution < 1.29 is 0 Å². The minimum Gasteiger partial charge on any atom is -0.351 e. The molecule has 2 aromatic rings. The molecule has 0 aliphatic carbocycles. The van der Waals surface area contributed by atoms with Crippen LogP contribution in [0.5, 0.6) is 0 Å². The van der Waals surface area contributed by atoms with Gasteiger partial charge in [0.15, 0.2) is 0 Å². The Morgan fingerprint density at radius 3 is 2.68 bits per heavy atom. The highest BCUT2D eigenvalue weighted by molar-refractivity contribution is 5.74. The van der Waals surface area contributed by atoms with E-state index in [-0.39, 0.29) is 5.41 Å². The Hall–Kier alpha value is -2.72. The normalized spacial score (nSPS) is 23.4. The van der Waals surface area contributed by atoms with E-state index in [1.807, 2.05) is 13.0 Å². The molecule has 0 amide bonds. The molecular weight excluding hydrogens is 350 g/mol. The average molecular weight is 377 g/mol. The van der Waals surface area contributed by atoms with Gasteiger partial charge in [0, 0.05) is 48.9 Å². The van der Waals surface area contributed by atoms with Gasteiger partial charge < -0.3 is 15.1 Å². The maximum absolute atomic E-state index is 9.21. The number of piperazine rings is 1. The number of hydrogen-bond donors (Lipinski definition) is 1. The Bertz CT molecular complexity index is 946. The molecule has 1 fully saturated rings. The van der Waals surface area contributed by atoms with Gasteiger partial charge in [-0.05, 0) is 32.4 Å². The summed E-state index contributed by atoms with van der Waals surface area (Å²) in [5.74, 6) is 2.78. The highest BCUT2D eigenvalue weighted by atomic mass is 15.3. The van der Waals surface area contributed by atoms with E-state index in [1.54, 1.807) is 12.5 Å². The van der Waals surface area contributed by atoms with Crippen LogP contribution in [0.25, 0.3) is 0 Å². The fourth-order valence-electron chi connectivity index (χ4n) is 4.26. The molecule has 0 bridgehead atoms. The number of anilines is 3.